The van der Waals surface area contributed by atoms with Crippen molar-refractivity contribution in [2.24, 2.45) is 0 Å². The molecule has 17 heavy (non-hydrogen) atoms. The lowest BCUT2D eigenvalue weighted by atomic mass is 10.2. The molecule has 0 spiro atoms. The van der Waals surface area contributed by atoms with Gasteiger partial charge in [-0.15, -0.1) is 6.42 Å². The third-order valence-electron chi connectivity index (χ3n) is 2.52. The second-order valence-corrected chi connectivity index (χ2v) is 5.69. The maximum absolute atomic E-state index is 11.9. The van der Waals surface area contributed by atoms with Gasteiger partial charge in [-0.05, 0) is 28.1 Å². The topological polar surface area (TPSA) is 46.9 Å². The third kappa shape index (κ3) is 2.85. The molecule has 4 nitrogen and oxygen atoms in total. The Hall–Kier alpha value is -0.930. The van der Waals surface area contributed by atoms with Crippen LogP contribution in [-0.2, 0) is 6.54 Å². The number of hydrogen-bond donors (Lipinski definition) is 1. The third-order valence-corrected chi connectivity index (χ3v) is 4.44. The Balaban J connectivity index is 2.21. The van der Waals surface area contributed by atoms with Crippen molar-refractivity contribution in [3.05, 3.63) is 21.0 Å². The molecule has 1 unspecified atom stereocenters. The fourth-order valence-electron chi connectivity index (χ4n) is 1.63. The van der Waals surface area contributed by atoms with E-state index in [1.807, 2.05) is 11.8 Å². The highest BCUT2D eigenvalue weighted by Gasteiger charge is 2.17. The summed E-state index contributed by atoms with van der Waals surface area (Å²) in [4.78, 5) is 11.9. The van der Waals surface area contributed by atoms with Gasteiger partial charge in [0.1, 0.15) is 11.0 Å². The fraction of sp³-hybridized carbons (Fsp3) is 0.455. The molecule has 1 atom stereocenters. The molecule has 0 saturated carbocycles. The molecule has 90 valence electrons. The quantitative estimate of drug-likeness (QED) is 0.860. The van der Waals surface area contributed by atoms with Crippen molar-refractivity contribution in [2.75, 3.05) is 16.8 Å². The van der Waals surface area contributed by atoms with E-state index >= 15 is 0 Å². The zero-order valence-corrected chi connectivity index (χ0v) is 11.6. The summed E-state index contributed by atoms with van der Waals surface area (Å²) in [5.41, 5.74) is 0.550. The monoisotopic (exact) mass is 313 g/mol. The number of terminal acetylenes is 1. The molecule has 6 heteroatoms. The van der Waals surface area contributed by atoms with Gasteiger partial charge in [-0.25, -0.2) is 4.68 Å². The molecule has 0 amide bonds. The van der Waals surface area contributed by atoms with Gasteiger partial charge >= 0.3 is 0 Å². The van der Waals surface area contributed by atoms with Gasteiger partial charge in [0.05, 0.1) is 11.9 Å². The molecule has 0 aliphatic carbocycles. The number of nitrogens with one attached hydrogen (secondary N) is 1. The Labute approximate surface area is 112 Å². The summed E-state index contributed by atoms with van der Waals surface area (Å²) < 4.78 is 1.76. The predicted octanol–water partition coefficient (Wildman–Crippen LogP) is 1.56. The average molecular weight is 314 g/mol. The number of hydrogen-bond acceptors (Lipinski definition) is 4. The molecule has 0 bridgehead atoms. The van der Waals surface area contributed by atoms with Crippen molar-refractivity contribution in [1.29, 1.82) is 0 Å². The van der Waals surface area contributed by atoms with E-state index in [1.54, 1.807) is 6.20 Å². The van der Waals surface area contributed by atoms with Crippen LogP contribution in [-0.4, -0.2) is 27.3 Å². The fourth-order valence-corrected chi connectivity index (χ4v) is 3.21. The van der Waals surface area contributed by atoms with Crippen LogP contribution in [0.4, 0.5) is 5.69 Å². The Kier molecular flexibility index (Phi) is 4.13. The normalized spacial score (nSPS) is 18.9. The van der Waals surface area contributed by atoms with Gasteiger partial charge in [-0.1, -0.05) is 5.92 Å². The largest absolute Gasteiger partial charge is 0.379 e. The minimum Gasteiger partial charge on any atom is -0.379 e. The zero-order chi connectivity index (χ0) is 12.3. The summed E-state index contributed by atoms with van der Waals surface area (Å²) in [6.45, 7) is 0.191. The van der Waals surface area contributed by atoms with E-state index in [0.29, 0.717) is 10.5 Å². The van der Waals surface area contributed by atoms with Crippen LogP contribution < -0.4 is 10.9 Å². The first-order chi connectivity index (χ1) is 8.22. The molecule has 1 saturated heterocycles. The van der Waals surface area contributed by atoms with Crippen molar-refractivity contribution in [1.82, 2.24) is 9.78 Å². The van der Waals surface area contributed by atoms with E-state index in [-0.39, 0.29) is 12.1 Å². The molecule has 2 heterocycles. The van der Waals surface area contributed by atoms with E-state index in [2.05, 4.69) is 32.3 Å². The molecule has 1 aliphatic rings. The smallest absolute Gasteiger partial charge is 0.284 e. The number of thioether (sulfide) groups is 1. The molecule has 1 fully saturated rings. The Bertz CT molecular complexity index is 502. The minimum atomic E-state index is -0.196. The highest BCUT2D eigenvalue weighted by molar-refractivity contribution is 9.10. The van der Waals surface area contributed by atoms with E-state index in [4.69, 9.17) is 6.42 Å². The SMILES string of the molecule is C#CCn1ncc(NC2CCSC2)c(Br)c1=O. The van der Waals surface area contributed by atoms with Crippen LogP contribution in [0.5, 0.6) is 0 Å². The molecular weight excluding hydrogens is 302 g/mol. The van der Waals surface area contributed by atoms with E-state index < -0.39 is 0 Å². The van der Waals surface area contributed by atoms with Crippen LogP contribution >= 0.6 is 27.7 Å². The van der Waals surface area contributed by atoms with Gasteiger partial charge in [-0.2, -0.15) is 16.9 Å². The predicted molar refractivity (Wildman–Crippen MR) is 74.4 cm³/mol. The van der Waals surface area contributed by atoms with Crippen LogP contribution in [0.1, 0.15) is 6.42 Å². The van der Waals surface area contributed by atoms with Crippen LogP contribution in [0, 0.1) is 12.3 Å². The van der Waals surface area contributed by atoms with Gasteiger partial charge in [0, 0.05) is 11.8 Å². The van der Waals surface area contributed by atoms with Crippen LogP contribution in [0.25, 0.3) is 0 Å². The first-order valence-corrected chi connectivity index (χ1v) is 7.20. The van der Waals surface area contributed by atoms with Gasteiger partial charge in [0.15, 0.2) is 0 Å². The minimum absolute atomic E-state index is 0.191. The Morgan fingerprint density at radius 1 is 1.76 bits per heavy atom. The number of anilines is 1. The summed E-state index contributed by atoms with van der Waals surface area (Å²) >= 11 is 5.21. The van der Waals surface area contributed by atoms with Crippen LogP contribution in [0.2, 0.25) is 0 Å². The lowest BCUT2D eigenvalue weighted by Gasteiger charge is -2.14. The molecule has 1 aromatic rings. The van der Waals surface area contributed by atoms with E-state index in [1.165, 1.54) is 4.68 Å². The zero-order valence-electron chi connectivity index (χ0n) is 9.15. The Morgan fingerprint density at radius 3 is 3.24 bits per heavy atom. The molecule has 0 radical (unpaired) electrons. The van der Waals surface area contributed by atoms with Crippen molar-refractivity contribution < 1.29 is 0 Å². The highest BCUT2D eigenvalue weighted by Crippen LogP contribution is 2.23. The summed E-state index contributed by atoms with van der Waals surface area (Å²) in [6.07, 6.45) is 7.93. The number of rotatable bonds is 3. The summed E-state index contributed by atoms with van der Waals surface area (Å²) in [6, 6.07) is 0.418. The first kappa shape index (κ1) is 12.5. The lowest BCUT2D eigenvalue weighted by Crippen LogP contribution is -2.26. The van der Waals surface area contributed by atoms with Gasteiger partial charge < -0.3 is 5.32 Å². The molecule has 2 rings (SSSR count). The summed E-state index contributed by atoms with van der Waals surface area (Å²) in [7, 11) is 0. The number of aromatic nitrogens is 2. The second-order valence-electron chi connectivity index (χ2n) is 3.74. The van der Waals surface area contributed by atoms with Gasteiger partial charge in [-0.3, -0.25) is 4.79 Å². The standard InChI is InChI=1S/C11H12BrN3OS/c1-2-4-15-11(16)10(12)9(6-13-15)14-8-3-5-17-7-8/h1,6,8,14H,3-5,7H2. The Morgan fingerprint density at radius 2 is 2.59 bits per heavy atom. The van der Waals surface area contributed by atoms with E-state index in [0.717, 1.165) is 23.6 Å². The van der Waals surface area contributed by atoms with Crippen molar-refractivity contribution in [3.63, 3.8) is 0 Å². The van der Waals surface area contributed by atoms with Gasteiger partial charge in [0.25, 0.3) is 5.56 Å². The first-order valence-electron chi connectivity index (χ1n) is 5.25. The molecule has 1 aliphatic heterocycles. The molecule has 1 aromatic heterocycles. The number of halogens is 1. The van der Waals surface area contributed by atoms with Crippen LogP contribution in [0.3, 0.4) is 0 Å². The maximum atomic E-state index is 11.9. The lowest BCUT2D eigenvalue weighted by molar-refractivity contribution is 0.658. The number of nitrogens with zero attached hydrogens (tertiary/aromatic N) is 2. The van der Waals surface area contributed by atoms with Crippen molar-refractivity contribution in [3.8, 4) is 12.3 Å². The van der Waals surface area contributed by atoms with Crippen molar-refractivity contribution >= 4 is 33.4 Å². The summed E-state index contributed by atoms with van der Waals surface area (Å²) in [5, 5.41) is 7.36. The molecular formula is C11H12BrN3OS. The summed E-state index contributed by atoms with van der Waals surface area (Å²) in [5.74, 6) is 4.63. The molecule has 1 N–H and O–H groups in total. The van der Waals surface area contributed by atoms with Gasteiger partial charge in [0.2, 0.25) is 0 Å². The highest BCUT2D eigenvalue weighted by atomic mass is 79.9. The maximum Gasteiger partial charge on any atom is 0.284 e. The van der Waals surface area contributed by atoms with Crippen LogP contribution in [0.15, 0.2) is 15.5 Å². The average Bonchev–Trinajstić information content (AvgIpc) is 2.82. The molecule has 0 aromatic carbocycles. The second kappa shape index (κ2) is 5.61. The van der Waals surface area contributed by atoms with Crippen molar-refractivity contribution in [2.45, 2.75) is 19.0 Å². The van der Waals surface area contributed by atoms with E-state index in [9.17, 15) is 4.79 Å².